The molecule has 1 atom stereocenters. The molecule has 3 nitrogen and oxygen atoms in total. The number of hydrogen-bond donors (Lipinski definition) is 0. The van der Waals surface area contributed by atoms with Gasteiger partial charge >= 0.3 is 0 Å². The molecule has 2 aliphatic rings. The minimum absolute atomic E-state index is 0.0321. The molecule has 1 amide bonds. The Morgan fingerprint density at radius 1 is 0.920 bits per heavy atom. The number of Topliss-reactive ketones (excluding diaryl/α,β-unsaturated/α-hetero) is 1. The first kappa shape index (κ1) is 16.1. The maximum atomic E-state index is 13.0. The fourth-order valence-corrected chi connectivity index (χ4v) is 3.98. The molecule has 4 heteroatoms. The molecule has 0 aromatic heterocycles. The third-order valence-electron chi connectivity index (χ3n) is 4.96. The van der Waals surface area contributed by atoms with Crippen LogP contribution in [0.25, 0.3) is 0 Å². The van der Waals surface area contributed by atoms with E-state index in [2.05, 4.69) is 0 Å². The highest BCUT2D eigenvalue weighted by molar-refractivity contribution is 6.30. The molecule has 25 heavy (non-hydrogen) atoms. The smallest absolute Gasteiger partial charge is 0.232 e. The molecule has 1 aliphatic carbocycles. The summed E-state index contributed by atoms with van der Waals surface area (Å²) in [6.07, 6.45) is 2.41. The van der Waals surface area contributed by atoms with Gasteiger partial charge in [-0.05, 0) is 42.7 Å². The third kappa shape index (κ3) is 2.89. The SMILES string of the molecule is O=C1CCCC2=C1C(c1ccccc1)CC(=O)N2c1ccc(Cl)cc1. The van der Waals surface area contributed by atoms with Gasteiger partial charge in [0.15, 0.2) is 5.78 Å². The van der Waals surface area contributed by atoms with Crippen LogP contribution in [0, 0.1) is 0 Å². The van der Waals surface area contributed by atoms with Gasteiger partial charge in [-0.2, -0.15) is 0 Å². The molecule has 2 aromatic rings. The molecule has 0 spiro atoms. The number of benzene rings is 2. The van der Waals surface area contributed by atoms with Crippen LogP contribution in [0.5, 0.6) is 0 Å². The number of nitrogens with zero attached hydrogens (tertiary/aromatic N) is 1. The molecule has 1 unspecified atom stereocenters. The number of rotatable bonds is 2. The number of allylic oxidation sites excluding steroid dienone is 2. The van der Waals surface area contributed by atoms with Gasteiger partial charge in [0.05, 0.1) is 0 Å². The Balaban J connectivity index is 1.85. The Morgan fingerprint density at radius 3 is 2.36 bits per heavy atom. The normalized spacial score (nSPS) is 20.7. The lowest BCUT2D eigenvalue weighted by Gasteiger charge is -2.38. The first-order valence-corrected chi connectivity index (χ1v) is 8.92. The van der Waals surface area contributed by atoms with E-state index < -0.39 is 0 Å². The van der Waals surface area contributed by atoms with Gasteiger partial charge in [0.2, 0.25) is 5.91 Å². The van der Waals surface area contributed by atoms with Crippen molar-refractivity contribution in [3.63, 3.8) is 0 Å². The van der Waals surface area contributed by atoms with Gasteiger partial charge < -0.3 is 0 Å². The molecule has 1 heterocycles. The van der Waals surface area contributed by atoms with Crippen LogP contribution in [0.1, 0.15) is 37.2 Å². The number of halogens is 1. The highest BCUT2D eigenvalue weighted by Gasteiger charge is 2.39. The van der Waals surface area contributed by atoms with Gasteiger partial charge in [0.25, 0.3) is 0 Å². The molecular formula is C21H18ClNO2. The van der Waals surface area contributed by atoms with Crippen LogP contribution in [-0.4, -0.2) is 11.7 Å². The second kappa shape index (κ2) is 6.49. The molecule has 0 N–H and O–H groups in total. The van der Waals surface area contributed by atoms with Crippen LogP contribution in [0.15, 0.2) is 65.9 Å². The number of carbonyl (C=O) groups is 2. The molecule has 0 radical (unpaired) electrons. The molecule has 0 saturated carbocycles. The molecule has 0 bridgehead atoms. The van der Waals surface area contributed by atoms with E-state index in [1.54, 1.807) is 17.0 Å². The van der Waals surface area contributed by atoms with Gasteiger partial charge in [-0.1, -0.05) is 41.9 Å². The van der Waals surface area contributed by atoms with Crippen molar-refractivity contribution in [3.8, 4) is 0 Å². The average Bonchev–Trinajstić information content (AvgIpc) is 2.63. The van der Waals surface area contributed by atoms with Crippen molar-refractivity contribution in [2.45, 2.75) is 31.6 Å². The van der Waals surface area contributed by atoms with Crippen molar-refractivity contribution in [3.05, 3.63) is 76.5 Å². The quantitative estimate of drug-likeness (QED) is 0.774. The van der Waals surface area contributed by atoms with Crippen LogP contribution in [0.4, 0.5) is 5.69 Å². The Kier molecular flexibility index (Phi) is 4.18. The summed E-state index contributed by atoms with van der Waals surface area (Å²) in [4.78, 5) is 27.4. The fourth-order valence-electron chi connectivity index (χ4n) is 3.85. The zero-order valence-electron chi connectivity index (χ0n) is 13.7. The van der Waals surface area contributed by atoms with E-state index in [-0.39, 0.29) is 17.6 Å². The molecule has 2 aromatic carbocycles. The lowest BCUT2D eigenvalue weighted by molar-refractivity contribution is -0.119. The van der Waals surface area contributed by atoms with Crippen LogP contribution in [0.3, 0.4) is 0 Å². The topological polar surface area (TPSA) is 37.4 Å². The zero-order chi connectivity index (χ0) is 17.4. The summed E-state index contributed by atoms with van der Waals surface area (Å²) >= 11 is 5.98. The van der Waals surface area contributed by atoms with E-state index >= 15 is 0 Å². The van der Waals surface area contributed by atoms with Crippen LogP contribution >= 0.6 is 11.6 Å². The maximum Gasteiger partial charge on any atom is 0.232 e. The van der Waals surface area contributed by atoms with Crippen molar-refractivity contribution in [1.29, 1.82) is 0 Å². The van der Waals surface area contributed by atoms with Crippen molar-refractivity contribution in [2.75, 3.05) is 4.90 Å². The Bertz CT molecular complexity index is 855. The van der Waals surface area contributed by atoms with Crippen LogP contribution in [-0.2, 0) is 9.59 Å². The second-order valence-electron chi connectivity index (χ2n) is 6.51. The summed E-state index contributed by atoms with van der Waals surface area (Å²) in [7, 11) is 0. The van der Waals surface area contributed by atoms with E-state index in [1.165, 1.54) is 0 Å². The molecule has 1 aliphatic heterocycles. The van der Waals surface area contributed by atoms with Gasteiger partial charge in [0.1, 0.15) is 0 Å². The largest absolute Gasteiger partial charge is 0.294 e. The lowest BCUT2D eigenvalue weighted by atomic mass is 9.77. The minimum Gasteiger partial charge on any atom is -0.294 e. The monoisotopic (exact) mass is 351 g/mol. The third-order valence-corrected chi connectivity index (χ3v) is 5.21. The first-order chi connectivity index (χ1) is 12.1. The highest BCUT2D eigenvalue weighted by Crippen LogP contribution is 2.43. The molecule has 126 valence electrons. The van der Waals surface area contributed by atoms with Gasteiger partial charge in [0, 0.05) is 40.7 Å². The van der Waals surface area contributed by atoms with Gasteiger partial charge in [-0.25, -0.2) is 0 Å². The van der Waals surface area contributed by atoms with Crippen molar-refractivity contribution in [2.24, 2.45) is 0 Å². The number of ketones is 1. The minimum atomic E-state index is -0.139. The lowest BCUT2D eigenvalue weighted by Crippen LogP contribution is -2.40. The number of anilines is 1. The molecular weight excluding hydrogens is 334 g/mol. The van der Waals surface area contributed by atoms with E-state index in [0.29, 0.717) is 17.9 Å². The summed E-state index contributed by atoms with van der Waals surface area (Å²) in [5, 5.41) is 0.629. The van der Waals surface area contributed by atoms with Crippen LogP contribution in [0.2, 0.25) is 5.02 Å². The second-order valence-corrected chi connectivity index (χ2v) is 6.95. The van der Waals surface area contributed by atoms with E-state index in [4.69, 9.17) is 11.6 Å². The van der Waals surface area contributed by atoms with Gasteiger partial charge in [-0.15, -0.1) is 0 Å². The molecule has 0 saturated heterocycles. The van der Waals surface area contributed by atoms with Crippen molar-refractivity contribution in [1.82, 2.24) is 0 Å². The highest BCUT2D eigenvalue weighted by atomic mass is 35.5. The van der Waals surface area contributed by atoms with E-state index in [9.17, 15) is 9.59 Å². The Labute approximate surface area is 151 Å². The summed E-state index contributed by atoms with van der Waals surface area (Å²) in [6, 6.07) is 17.1. The van der Waals surface area contributed by atoms with E-state index in [0.717, 1.165) is 35.4 Å². The summed E-state index contributed by atoms with van der Waals surface area (Å²) < 4.78 is 0. The predicted octanol–water partition coefficient (Wildman–Crippen LogP) is 4.87. The summed E-state index contributed by atoms with van der Waals surface area (Å²) in [6.45, 7) is 0. The Hall–Kier alpha value is -2.39. The predicted molar refractivity (Wildman–Crippen MR) is 98.6 cm³/mol. The maximum absolute atomic E-state index is 13.0. The van der Waals surface area contributed by atoms with Gasteiger partial charge in [-0.3, -0.25) is 14.5 Å². The summed E-state index contributed by atoms with van der Waals surface area (Å²) in [5.41, 5.74) is 3.49. The average molecular weight is 352 g/mol. The first-order valence-electron chi connectivity index (χ1n) is 8.55. The number of hydrogen-bond acceptors (Lipinski definition) is 2. The Morgan fingerprint density at radius 2 is 1.64 bits per heavy atom. The zero-order valence-corrected chi connectivity index (χ0v) is 14.5. The fraction of sp³-hybridized carbons (Fsp3) is 0.238. The summed E-state index contributed by atoms with van der Waals surface area (Å²) in [5.74, 6) is 0.0613. The number of carbonyl (C=O) groups excluding carboxylic acids is 2. The number of amides is 1. The van der Waals surface area contributed by atoms with Crippen molar-refractivity contribution < 1.29 is 9.59 Å². The van der Waals surface area contributed by atoms with Crippen LogP contribution < -0.4 is 4.90 Å². The van der Waals surface area contributed by atoms with E-state index in [1.807, 2.05) is 42.5 Å². The molecule has 4 rings (SSSR count). The van der Waals surface area contributed by atoms with Crippen molar-refractivity contribution >= 4 is 29.0 Å². The molecule has 0 fully saturated rings. The standard InChI is InChI=1S/C21H18ClNO2/c22-15-9-11-16(12-10-15)23-18-7-4-8-19(24)21(18)17(13-20(23)25)14-5-2-1-3-6-14/h1-3,5-6,9-12,17H,4,7-8,13H2.